The summed E-state index contributed by atoms with van der Waals surface area (Å²) in [4.78, 5) is 31.5. The average Bonchev–Trinajstić information content (AvgIpc) is 3.52. The molecule has 6 nitrogen and oxygen atoms in total. The van der Waals surface area contributed by atoms with Crippen molar-refractivity contribution < 1.29 is 18.7 Å². The van der Waals surface area contributed by atoms with Gasteiger partial charge in [0.15, 0.2) is 0 Å². The van der Waals surface area contributed by atoms with Gasteiger partial charge in [0.1, 0.15) is 16.5 Å². The smallest absolute Gasteiger partial charge is 0.338 e. The number of nitrogens with one attached hydrogen (secondary N) is 1. The van der Waals surface area contributed by atoms with Crippen molar-refractivity contribution in [3.05, 3.63) is 63.7 Å². The highest BCUT2D eigenvalue weighted by Crippen LogP contribution is 2.40. The predicted octanol–water partition coefficient (Wildman–Crippen LogP) is 6.49. The van der Waals surface area contributed by atoms with Crippen LogP contribution in [0.2, 0.25) is 0 Å². The van der Waals surface area contributed by atoms with Gasteiger partial charge in [-0.25, -0.2) is 9.79 Å². The maximum Gasteiger partial charge on any atom is 0.338 e. The second-order valence-electron chi connectivity index (χ2n) is 9.20. The van der Waals surface area contributed by atoms with Crippen molar-refractivity contribution in [1.82, 2.24) is 5.32 Å². The van der Waals surface area contributed by atoms with Crippen LogP contribution in [0.4, 0.5) is 5.00 Å². The van der Waals surface area contributed by atoms with Gasteiger partial charge in [0, 0.05) is 16.5 Å². The molecule has 5 rings (SSSR count). The highest BCUT2D eigenvalue weighted by molar-refractivity contribution is 7.16. The number of hydrogen-bond donors (Lipinski definition) is 1. The van der Waals surface area contributed by atoms with Crippen LogP contribution in [0.5, 0.6) is 0 Å². The zero-order valence-corrected chi connectivity index (χ0v) is 20.8. The number of thiophene rings is 1. The van der Waals surface area contributed by atoms with Crippen molar-refractivity contribution in [1.29, 1.82) is 0 Å². The molecule has 1 aromatic carbocycles. The molecule has 0 bridgehead atoms. The van der Waals surface area contributed by atoms with Crippen molar-refractivity contribution in [2.75, 3.05) is 7.11 Å². The first-order valence-electron chi connectivity index (χ1n) is 12.4. The van der Waals surface area contributed by atoms with Crippen LogP contribution in [0.3, 0.4) is 0 Å². The van der Waals surface area contributed by atoms with Crippen LogP contribution in [0.25, 0.3) is 11.3 Å². The molecular formula is C28H30N2O4S. The number of benzene rings is 1. The number of rotatable bonds is 6. The van der Waals surface area contributed by atoms with Gasteiger partial charge in [-0.2, -0.15) is 0 Å². The minimum Gasteiger partial charge on any atom is -0.465 e. The summed E-state index contributed by atoms with van der Waals surface area (Å²) >= 11 is 1.62. The van der Waals surface area contributed by atoms with Gasteiger partial charge in [0.05, 0.1) is 24.5 Å². The third-order valence-electron chi connectivity index (χ3n) is 6.85. The fourth-order valence-corrected chi connectivity index (χ4v) is 6.29. The number of ether oxygens (including phenoxy) is 1. The molecule has 2 aromatic heterocycles. The zero-order valence-electron chi connectivity index (χ0n) is 20.0. The van der Waals surface area contributed by atoms with Crippen molar-refractivity contribution in [3.63, 3.8) is 0 Å². The lowest BCUT2D eigenvalue weighted by Gasteiger charge is -2.23. The third kappa shape index (κ3) is 5.10. The van der Waals surface area contributed by atoms with E-state index in [1.807, 2.05) is 24.3 Å². The Labute approximate surface area is 209 Å². The van der Waals surface area contributed by atoms with Crippen LogP contribution in [0, 0.1) is 0 Å². The van der Waals surface area contributed by atoms with E-state index >= 15 is 0 Å². The second-order valence-corrected chi connectivity index (χ2v) is 10.3. The number of furan rings is 1. The molecule has 0 unspecified atom stereocenters. The Hall–Kier alpha value is -3.19. The number of nitrogens with zero attached hydrogens (tertiary/aromatic N) is 1. The number of amides is 1. The molecule has 0 atom stereocenters. The van der Waals surface area contributed by atoms with Gasteiger partial charge in [-0.1, -0.05) is 37.5 Å². The minimum absolute atomic E-state index is 0.00980. The monoisotopic (exact) mass is 490 g/mol. The highest BCUT2D eigenvalue weighted by Gasteiger charge is 2.27. The van der Waals surface area contributed by atoms with Gasteiger partial charge in [-0.05, 0) is 62.3 Å². The topological polar surface area (TPSA) is 80.9 Å². The number of methoxy groups -OCH3 is 1. The first-order chi connectivity index (χ1) is 17.1. The SMILES string of the molecule is COC(=O)c1ccccc1-c1ccc(C=Nc2sc3c(c2C(=O)NC2CCCCC2)CCCC3)o1. The number of aliphatic imine (C=N–C) groups is 1. The lowest BCUT2D eigenvalue weighted by molar-refractivity contribution is 0.0601. The number of carbonyl (C=O) groups is 2. The van der Waals surface area contributed by atoms with Gasteiger partial charge in [0.2, 0.25) is 0 Å². The molecule has 7 heteroatoms. The summed E-state index contributed by atoms with van der Waals surface area (Å²) in [7, 11) is 1.36. The Balaban J connectivity index is 1.41. The molecule has 0 saturated heterocycles. The number of hydrogen-bond acceptors (Lipinski definition) is 6. The van der Waals surface area contributed by atoms with Crippen molar-refractivity contribution >= 4 is 34.4 Å². The molecule has 182 valence electrons. The van der Waals surface area contributed by atoms with E-state index in [2.05, 4.69) is 5.32 Å². The molecule has 1 saturated carbocycles. The first kappa shape index (κ1) is 23.5. The second kappa shape index (κ2) is 10.6. The fraction of sp³-hybridized carbons (Fsp3) is 0.393. The normalized spacial score (nSPS) is 16.3. The van der Waals surface area contributed by atoms with Crippen molar-refractivity contribution in [2.24, 2.45) is 4.99 Å². The summed E-state index contributed by atoms with van der Waals surface area (Å²) in [5.74, 6) is 0.721. The molecule has 0 radical (unpaired) electrons. The van der Waals surface area contributed by atoms with Crippen molar-refractivity contribution in [2.45, 2.75) is 63.8 Å². The summed E-state index contributed by atoms with van der Waals surface area (Å²) in [6.07, 6.45) is 11.6. The maximum atomic E-state index is 13.4. The summed E-state index contributed by atoms with van der Waals surface area (Å²) in [6.45, 7) is 0. The summed E-state index contributed by atoms with van der Waals surface area (Å²) in [5, 5.41) is 4.03. The molecule has 1 N–H and O–H groups in total. The van der Waals surface area contributed by atoms with Gasteiger partial charge in [0.25, 0.3) is 5.91 Å². The van der Waals surface area contributed by atoms with E-state index in [1.165, 1.54) is 36.8 Å². The molecule has 1 amide bonds. The van der Waals surface area contributed by atoms with E-state index in [4.69, 9.17) is 14.1 Å². The van der Waals surface area contributed by atoms with E-state index in [0.29, 0.717) is 22.6 Å². The average molecular weight is 491 g/mol. The van der Waals surface area contributed by atoms with Gasteiger partial charge in [-0.3, -0.25) is 4.79 Å². The molecule has 0 spiro atoms. The van der Waals surface area contributed by atoms with E-state index < -0.39 is 5.97 Å². The highest BCUT2D eigenvalue weighted by atomic mass is 32.1. The van der Waals surface area contributed by atoms with Crippen LogP contribution in [0.1, 0.15) is 81.9 Å². The Morgan fingerprint density at radius 3 is 2.69 bits per heavy atom. The molecule has 3 aromatic rings. The third-order valence-corrected chi connectivity index (χ3v) is 8.05. The quantitative estimate of drug-likeness (QED) is 0.316. The Morgan fingerprint density at radius 2 is 1.86 bits per heavy atom. The van der Waals surface area contributed by atoms with Crippen LogP contribution < -0.4 is 5.32 Å². The molecule has 1 fully saturated rings. The molecule has 2 aliphatic rings. The maximum absolute atomic E-state index is 13.4. The molecule has 35 heavy (non-hydrogen) atoms. The van der Waals surface area contributed by atoms with Gasteiger partial charge in [-0.15, -0.1) is 11.3 Å². The Kier molecular flexibility index (Phi) is 7.13. The standard InChI is InChI=1S/C28H30N2O4S/c1-33-28(32)21-12-6-5-11-20(21)23-16-15-19(34-23)17-29-27-25(22-13-7-8-14-24(22)35-27)26(31)30-18-9-3-2-4-10-18/h5-6,11-12,15-18H,2-4,7-10,13-14H2,1H3,(H,30,31). The van der Waals surface area contributed by atoms with Crippen LogP contribution in [0.15, 0.2) is 45.8 Å². The molecule has 2 heterocycles. The number of esters is 1. The summed E-state index contributed by atoms with van der Waals surface area (Å²) < 4.78 is 10.9. The van der Waals surface area contributed by atoms with Crippen molar-refractivity contribution in [3.8, 4) is 11.3 Å². The first-order valence-corrected chi connectivity index (χ1v) is 13.2. The number of fused-ring (bicyclic) bond motifs is 1. The van der Waals surface area contributed by atoms with Gasteiger partial charge >= 0.3 is 5.97 Å². The molecule has 0 aliphatic heterocycles. The van der Waals surface area contributed by atoms with Crippen LogP contribution in [-0.2, 0) is 17.6 Å². The molecule has 2 aliphatic carbocycles. The van der Waals surface area contributed by atoms with E-state index in [-0.39, 0.29) is 11.9 Å². The van der Waals surface area contributed by atoms with Crippen LogP contribution >= 0.6 is 11.3 Å². The predicted molar refractivity (Wildman–Crippen MR) is 138 cm³/mol. The zero-order chi connectivity index (χ0) is 24.2. The van der Waals surface area contributed by atoms with Crippen LogP contribution in [-0.4, -0.2) is 31.2 Å². The minimum atomic E-state index is -0.412. The Morgan fingerprint density at radius 1 is 1.06 bits per heavy atom. The van der Waals surface area contributed by atoms with E-state index in [9.17, 15) is 9.59 Å². The summed E-state index contributed by atoms with van der Waals surface area (Å²) in [6, 6.07) is 11.1. The van der Waals surface area contributed by atoms with E-state index in [1.54, 1.807) is 29.7 Å². The largest absolute Gasteiger partial charge is 0.465 e. The lowest BCUT2D eigenvalue weighted by atomic mass is 9.93. The lowest BCUT2D eigenvalue weighted by Crippen LogP contribution is -2.36. The number of carbonyl (C=O) groups excluding carboxylic acids is 2. The molecular weight excluding hydrogens is 460 g/mol. The Bertz CT molecular complexity index is 1250. The van der Waals surface area contributed by atoms with E-state index in [0.717, 1.165) is 49.1 Å². The number of aryl methyl sites for hydroxylation is 1. The fourth-order valence-electron chi connectivity index (χ4n) is 5.06. The summed E-state index contributed by atoms with van der Waals surface area (Å²) in [5.41, 5.74) is 3.03. The van der Waals surface area contributed by atoms with Gasteiger partial charge < -0.3 is 14.5 Å².